The van der Waals surface area contributed by atoms with Crippen LogP contribution in [0, 0.1) is 0 Å². The molecule has 9 heteroatoms. The lowest BCUT2D eigenvalue weighted by molar-refractivity contribution is 0.413. The summed E-state index contributed by atoms with van der Waals surface area (Å²) in [6.45, 7) is 6.04. The Morgan fingerprint density at radius 2 is 1.83 bits per heavy atom. The molecule has 2 aromatic carbocycles. The van der Waals surface area contributed by atoms with Crippen LogP contribution in [-0.4, -0.2) is 65.8 Å². The first-order valence-electron chi connectivity index (χ1n) is 11.7. The summed E-state index contributed by atoms with van der Waals surface area (Å²) in [5.74, 6) is 1.90. The van der Waals surface area contributed by atoms with E-state index in [4.69, 9.17) is 20.4 Å². The molecule has 0 amide bonds. The van der Waals surface area contributed by atoms with Gasteiger partial charge < -0.3 is 30.2 Å². The zero-order valence-corrected chi connectivity index (χ0v) is 21.3. The topological polar surface area (TPSA) is 97.4 Å². The Hall–Kier alpha value is -3.85. The highest BCUT2D eigenvalue weighted by molar-refractivity contribution is 5.81. The molecule has 2 aromatic heterocycles. The maximum atomic E-state index is 6.42. The number of anilines is 4. The number of nitrogens with two attached hydrogens (primary N) is 1. The third kappa shape index (κ3) is 5.14. The molecule has 4 aromatic rings. The molecule has 9 nitrogen and oxygen atoms in total. The predicted molar refractivity (Wildman–Crippen MR) is 144 cm³/mol. The third-order valence-electron chi connectivity index (χ3n) is 5.89. The van der Waals surface area contributed by atoms with Crippen LogP contribution in [0.5, 0.6) is 5.75 Å². The van der Waals surface area contributed by atoms with E-state index in [9.17, 15) is 0 Å². The molecule has 0 spiro atoms. The number of hydrogen-bond acceptors (Lipinski definition) is 8. The molecule has 35 heavy (non-hydrogen) atoms. The molecule has 3 N–H and O–H groups in total. The minimum atomic E-state index is 0.223. The lowest BCUT2D eigenvalue weighted by atomic mass is 10.2. The van der Waals surface area contributed by atoms with E-state index in [0.29, 0.717) is 23.1 Å². The van der Waals surface area contributed by atoms with E-state index in [0.717, 1.165) is 41.3 Å². The van der Waals surface area contributed by atoms with Crippen LogP contribution in [0.15, 0.2) is 48.7 Å². The van der Waals surface area contributed by atoms with E-state index in [1.807, 2.05) is 43.4 Å². The maximum Gasteiger partial charge on any atom is 0.227 e. The van der Waals surface area contributed by atoms with Gasteiger partial charge in [0.25, 0.3) is 0 Å². The Morgan fingerprint density at radius 3 is 2.54 bits per heavy atom. The molecule has 0 unspecified atom stereocenters. The first-order chi connectivity index (χ1) is 16.8. The van der Waals surface area contributed by atoms with Crippen LogP contribution in [-0.2, 0) is 0 Å². The molecule has 0 atom stereocenters. The highest BCUT2D eigenvalue weighted by Crippen LogP contribution is 2.36. The second-order valence-electron chi connectivity index (χ2n) is 9.11. The zero-order valence-electron chi connectivity index (χ0n) is 21.3. The van der Waals surface area contributed by atoms with Crippen molar-refractivity contribution < 1.29 is 4.74 Å². The molecule has 0 saturated carbocycles. The van der Waals surface area contributed by atoms with E-state index >= 15 is 0 Å². The molecule has 184 valence electrons. The van der Waals surface area contributed by atoms with Crippen molar-refractivity contribution in [2.75, 3.05) is 57.3 Å². The molecule has 0 aliphatic heterocycles. The number of likely N-dealkylation sites (N-methyl/N-ethyl adjacent to an activating group) is 2. The van der Waals surface area contributed by atoms with Gasteiger partial charge in [-0.2, -0.15) is 0 Å². The lowest BCUT2D eigenvalue weighted by Crippen LogP contribution is -2.29. The zero-order chi connectivity index (χ0) is 25.1. The summed E-state index contributed by atoms with van der Waals surface area (Å²) in [6, 6.07) is 14.0. The standard InChI is InChI=1S/C26H34N8O/c1-17(2)34-22-10-8-7-9-19(22)29-25(34)20-11-12-28-26(30-20)31-21-15-18(27)23(16-24(21)35-6)33(5)14-13-32(3)4/h7-12,15-17H,13-14,27H2,1-6H3,(H,28,30,31). The van der Waals surface area contributed by atoms with Crippen LogP contribution < -0.4 is 20.7 Å². The summed E-state index contributed by atoms with van der Waals surface area (Å²) in [5.41, 5.74) is 11.4. The number of para-hydroxylation sites is 2. The Balaban J connectivity index is 1.66. The molecule has 0 bridgehead atoms. The smallest absolute Gasteiger partial charge is 0.227 e. The SMILES string of the molecule is COc1cc(N(C)CCN(C)C)c(N)cc1Nc1nccc(-c2nc3ccccc3n2C(C)C)n1. The number of rotatable bonds is 9. The molecule has 0 radical (unpaired) electrons. The number of fused-ring (bicyclic) bond motifs is 1. The van der Waals surface area contributed by atoms with Gasteiger partial charge in [0.15, 0.2) is 5.82 Å². The van der Waals surface area contributed by atoms with Gasteiger partial charge in [-0.3, -0.25) is 0 Å². The quantitative estimate of drug-likeness (QED) is 0.344. The highest BCUT2D eigenvalue weighted by Gasteiger charge is 2.17. The van der Waals surface area contributed by atoms with Gasteiger partial charge in [-0.1, -0.05) is 12.1 Å². The Labute approximate surface area is 206 Å². The molecule has 2 heterocycles. The van der Waals surface area contributed by atoms with Gasteiger partial charge in [-0.15, -0.1) is 0 Å². The van der Waals surface area contributed by atoms with Gasteiger partial charge in [-0.05, 0) is 52.2 Å². The fraction of sp³-hybridized carbons (Fsp3) is 0.346. The fourth-order valence-corrected chi connectivity index (χ4v) is 4.07. The van der Waals surface area contributed by atoms with Crippen molar-refractivity contribution in [2.24, 2.45) is 0 Å². The molecule has 0 aliphatic carbocycles. The van der Waals surface area contributed by atoms with Gasteiger partial charge in [0.1, 0.15) is 11.4 Å². The number of ether oxygens (including phenoxy) is 1. The summed E-state index contributed by atoms with van der Waals surface area (Å²) >= 11 is 0. The summed E-state index contributed by atoms with van der Waals surface area (Å²) in [7, 11) is 7.77. The highest BCUT2D eigenvalue weighted by atomic mass is 16.5. The summed E-state index contributed by atoms with van der Waals surface area (Å²) in [4.78, 5) is 18.3. The number of aromatic nitrogens is 4. The Bertz CT molecular complexity index is 1310. The number of hydrogen-bond donors (Lipinski definition) is 2. The number of nitrogens with one attached hydrogen (secondary N) is 1. The minimum absolute atomic E-state index is 0.223. The van der Waals surface area contributed by atoms with Crippen LogP contribution in [0.4, 0.5) is 23.0 Å². The maximum absolute atomic E-state index is 6.42. The van der Waals surface area contributed by atoms with Crippen molar-refractivity contribution >= 4 is 34.0 Å². The van der Waals surface area contributed by atoms with Crippen LogP contribution in [0.3, 0.4) is 0 Å². The van der Waals surface area contributed by atoms with Crippen LogP contribution in [0.1, 0.15) is 19.9 Å². The van der Waals surface area contributed by atoms with Gasteiger partial charge in [-0.25, -0.2) is 15.0 Å². The number of nitrogen functional groups attached to an aromatic ring is 1. The van der Waals surface area contributed by atoms with E-state index in [1.54, 1.807) is 13.3 Å². The second-order valence-corrected chi connectivity index (χ2v) is 9.11. The lowest BCUT2D eigenvalue weighted by Gasteiger charge is -2.24. The summed E-state index contributed by atoms with van der Waals surface area (Å²) in [5, 5.41) is 3.28. The Kier molecular flexibility index (Phi) is 7.07. The molecule has 0 fully saturated rings. The fourth-order valence-electron chi connectivity index (χ4n) is 4.07. The van der Waals surface area contributed by atoms with Gasteiger partial charge in [0.2, 0.25) is 5.95 Å². The first kappa shape index (κ1) is 24.3. The molecule has 0 saturated heterocycles. The predicted octanol–water partition coefficient (Wildman–Crippen LogP) is 4.41. The van der Waals surface area contributed by atoms with E-state index in [2.05, 4.69) is 58.7 Å². The monoisotopic (exact) mass is 474 g/mol. The Morgan fingerprint density at radius 1 is 1.06 bits per heavy atom. The molecule has 0 aliphatic rings. The number of nitrogens with zero attached hydrogens (tertiary/aromatic N) is 6. The largest absolute Gasteiger partial charge is 0.494 e. The number of methoxy groups -OCH3 is 1. The number of imidazole rings is 1. The summed E-state index contributed by atoms with van der Waals surface area (Å²) < 4.78 is 7.86. The summed E-state index contributed by atoms with van der Waals surface area (Å²) in [6.07, 6.45) is 1.73. The number of benzene rings is 2. The normalized spacial score (nSPS) is 11.4. The van der Waals surface area contributed by atoms with Crippen LogP contribution in [0.25, 0.3) is 22.6 Å². The van der Waals surface area contributed by atoms with Crippen molar-refractivity contribution in [3.05, 3.63) is 48.7 Å². The molecular formula is C26H34N8O. The van der Waals surface area contributed by atoms with Gasteiger partial charge in [0, 0.05) is 38.4 Å². The van der Waals surface area contributed by atoms with E-state index < -0.39 is 0 Å². The average Bonchev–Trinajstić information content (AvgIpc) is 3.23. The van der Waals surface area contributed by atoms with Crippen molar-refractivity contribution in [1.82, 2.24) is 24.4 Å². The van der Waals surface area contributed by atoms with Gasteiger partial charge in [0.05, 0.1) is 35.2 Å². The second kappa shape index (κ2) is 10.2. The minimum Gasteiger partial charge on any atom is -0.494 e. The van der Waals surface area contributed by atoms with Crippen LogP contribution >= 0.6 is 0 Å². The molecular weight excluding hydrogens is 440 g/mol. The van der Waals surface area contributed by atoms with Crippen molar-refractivity contribution in [3.8, 4) is 17.3 Å². The van der Waals surface area contributed by atoms with Gasteiger partial charge >= 0.3 is 0 Å². The van der Waals surface area contributed by atoms with E-state index in [1.165, 1.54) is 0 Å². The van der Waals surface area contributed by atoms with Crippen LogP contribution in [0.2, 0.25) is 0 Å². The third-order valence-corrected chi connectivity index (χ3v) is 5.89. The average molecular weight is 475 g/mol. The first-order valence-corrected chi connectivity index (χ1v) is 11.7. The molecule has 4 rings (SSSR count). The van der Waals surface area contributed by atoms with Crippen molar-refractivity contribution in [3.63, 3.8) is 0 Å². The van der Waals surface area contributed by atoms with Crippen molar-refractivity contribution in [2.45, 2.75) is 19.9 Å². The van der Waals surface area contributed by atoms with E-state index in [-0.39, 0.29) is 6.04 Å². The van der Waals surface area contributed by atoms with Crippen molar-refractivity contribution in [1.29, 1.82) is 0 Å².